The van der Waals surface area contributed by atoms with Gasteiger partial charge in [-0.1, -0.05) is 0 Å². The van der Waals surface area contributed by atoms with Crippen LogP contribution in [0.5, 0.6) is 0 Å². The van der Waals surface area contributed by atoms with E-state index < -0.39 is 13.9 Å². The molecule has 9 heavy (non-hydrogen) atoms. The van der Waals surface area contributed by atoms with Gasteiger partial charge in [0.1, 0.15) is 0 Å². The molecule has 0 heterocycles. The Balaban J connectivity index is 3.82. The second-order valence-electron chi connectivity index (χ2n) is 2.03. The van der Waals surface area contributed by atoms with E-state index in [4.69, 9.17) is 7.53 Å². The summed E-state index contributed by atoms with van der Waals surface area (Å²) in [5, 5.41) is 2.17. The fourth-order valence-corrected chi connectivity index (χ4v) is 4.73. The molecular weight excluding hydrogens is 177 g/mol. The molecule has 0 aromatic heterocycles. The normalized spacial score (nSPS) is 12.0. The van der Waals surface area contributed by atoms with Gasteiger partial charge in [-0.3, -0.25) is 0 Å². The van der Waals surface area contributed by atoms with Crippen molar-refractivity contribution in [2.45, 2.75) is 24.4 Å². The van der Waals surface area contributed by atoms with E-state index in [9.17, 15) is 0 Å². The molecule has 0 amide bonds. The standard InChI is InChI=1S/C6H16GeO2/c1-5-7(6-2,8-3)9-4/h5-6H2,1-4H3. The van der Waals surface area contributed by atoms with E-state index in [-0.39, 0.29) is 0 Å². The van der Waals surface area contributed by atoms with E-state index in [0.717, 1.165) is 10.5 Å². The van der Waals surface area contributed by atoms with Gasteiger partial charge in [0, 0.05) is 0 Å². The van der Waals surface area contributed by atoms with Crippen molar-refractivity contribution in [2.75, 3.05) is 14.2 Å². The van der Waals surface area contributed by atoms with Crippen molar-refractivity contribution >= 4 is 13.9 Å². The second kappa shape index (κ2) is 4.31. The molecule has 0 unspecified atom stereocenters. The van der Waals surface area contributed by atoms with Crippen LogP contribution in [0.4, 0.5) is 0 Å². The van der Waals surface area contributed by atoms with Gasteiger partial charge in [-0.05, 0) is 0 Å². The van der Waals surface area contributed by atoms with E-state index in [1.807, 2.05) is 0 Å². The molecule has 0 saturated heterocycles. The van der Waals surface area contributed by atoms with Crippen molar-refractivity contribution in [1.29, 1.82) is 0 Å². The van der Waals surface area contributed by atoms with Gasteiger partial charge in [-0.25, -0.2) is 0 Å². The van der Waals surface area contributed by atoms with Crippen LogP contribution in [0.2, 0.25) is 10.5 Å². The third-order valence-corrected chi connectivity index (χ3v) is 9.46. The topological polar surface area (TPSA) is 18.5 Å². The minimum absolute atomic E-state index is 1.09. The van der Waals surface area contributed by atoms with Gasteiger partial charge in [-0.15, -0.1) is 0 Å². The van der Waals surface area contributed by atoms with Crippen molar-refractivity contribution in [3.8, 4) is 0 Å². The first-order chi connectivity index (χ1) is 4.24. The molecule has 56 valence electrons. The van der Waals surface area contributed by atoms with Crippen LogP contribution >= 0.6 is 0 Å². The van der Waals surface area contributed by atoms with Crippen LogP contribution in [0.3, 0.4) is 0 Å². The molecule has 0 aromatic carbocycles. The Hall–Kier alpha value is 0.463. The zero-order valence-corrected chi connectivity index (χ0v) is 8.83. The molecule has 0 aliphatic heterocycles. The molecule has 0 aromatic rings. The van der Waals surface area contributed by atoms with Crippen LogP contribution < -0.4 is 0 Å². The average Bonchev–Trinajstić information content (AvgIpc) is 1.95. The quantitative estimate of drug-likeness (QED) is 0.633. The Labute approximate surface area is 60.6 Å². The molecule has 0 rings (SSSR count). The minimum atomic E-state index is -2.17. The molecule has 0 radical (unpaired) electrons. The first-order valence-corrected chi connectivity index (χ1v) is 8.03. The van der Waals surface area contributed by atoms with Crippen LogP contribution in [0.1, 0.15) is 13.8 Å². The predicted octanol–water partition coefficient (Wildman–Crippen LogP) is 1.76. The molecule has 0 N–H and O–H groups in total. The Morgan fingerprint density at radius 2 is 1.33 bits per heavy atom. The van der Waals surface area contributed by atoms with Gasteiger partial charge in [-0.2, -0.15) is 0 Å². The van der Waals surface area contributed by atoms with Gasteiger partial charge < -0.3 is 0 Å². The van der Waals surface area contributed by atoms with Crippen molar-refractivity contribution in [1.82, 2.24) is 0 Å². The van der Waals surface area contributed by atoms with Gasteiger partial charge in [0.15, 0.2) is 0 Å². The zero-order chi connectivity index (χ0) is 7.33. The van der Waals surface area contributed by atoms with Crippen LogP contribution in [0, 0.1) is 0 Å². The fraction of sp³-hybridized carbons (Fsp3) is 1.00. The van der Waals surface area contributed by atoms with E-state index in [2.05, 4.69) is 13.8 Å². The average molecular weight is 193 g/mol. The number of hydrogen-bond donors (Lipinski definition) is 0. The summed E-state index contributed by atoms with van der Waals surface area (Å²) < 4.78 is 10.7. The van der Waals surface area contributed by atoms with E-state index in [1.54, 1.807) is 14.2 Å². The molecule has 2 nitrogen and oxygen atoms in total. The molecule has 0 aliphatic carbocycles. The second-order valence-corrected chi connectivity index (χ2v) is 10.5. The van der Waals surface area contributed by atoms with E-state index in [1.165, 1.54) is 0 Å². The summed E-state index contributed by atoms with van der Waals surface area (Å²) >= 11 is -2.17. The van der Waals surface area contributed by atoms with Gasteiger partial charge in [0.25, 0.3) is 0 Å². The first kappa shape index (κ1) is 9.46. The van der Waals surface area contributed by atoms with Crippen molar-refractivity contribution < 1.29 is 7.53 Å². The van der Waals surface area contributed by atoms with Crippen LogP contribution in [0.25, 0.3) is 0 Å². The Morgan fingerprint density at radius 1 is 1.00 bits per heavy atom. The summed E-state index contributed by atoms with van der Waals surface area (Å²) in [6.07, 6.45) is 0. The monoisotopic (exact) mass is 194 g/mol. The Morgan fingerprint density at radius 3 is 1.33 bits per heavy atom. The van der Waals surface area contributed by atoms with Crippen LogP contribution in [-0.4, -0.2) is 28.2 Å². The number of rotatable bonds is 4. The summed E-state index contributed by atoms with van der Waals surface area (Å²) in [6.45, 7) is 4.27. The Kier molecular flexibility index (Phi) is 4.53. The Bertz CT molecular complexity index is 53.9. The number of hydrogen-bond acceptors (Lipinski definition) is 2. The maximum atomic E-state index is 5.35. The summed E-state index contributed by atoms with van der Waals surface area (Å²) in [5.74, 6) is 0. The molecule has 3 heteroatoms. The fourth-order valence-electron chi connectivity index (χ4n) is 0.911. The summed E-state index contributed by atoms with van der Waals surface area (Å²) in [7, 11) is 3.52. The van der Waals surface area contributed by atoms with Gasteiger partial charge in [0.2, 0.25) is 0 Å². The predicted molar refractivity (Wildman–Crippen MR) is 40.7 cm³/mol. The van der Waals surface area contributed by atoms with Crippen molar-refractivity contribution in [3.05, 3.63) is 0 Å². The molecule has 0 atom stereocenters. The molecule has 0 bridgehead atoms. The van der Waals surface area contributed by atoms with Crippen LogP contribution in [0.15, 0.2) is 0 Å². The SMILES string of the molecule is C[CH2][Ge]([CH2]C)([O]C)[O]C. The zero-order valence-electron chi connectivity index (χ0n) is 6.73. The van der Waals surface area contributed by atoms with Crippen molar-refractivity contribution in [3.63, 3.8) is 0 Å². The van der Waals surface area contributed by atoms with Crippen molar-refractivity contribution in [2.24, 2.45) is 0 Å². The third kappa shape index (κ3) is 2.28. The maximum absolute atomic E-state index is 5.35. The van der Waals surface area contributed by atoms with E-state index in [0.29, 0.717) is 0 Å². The summed E-state index contributed by atoms with van der Waals surface area (Å²) in [4.78, 5) is 0. The van der Waals surface area contributed by atoms with Gasteiger partial charge in [0.05, 0.1) is 0 Å². The van der Waals surface area contributed by atoms with E-state index >= 15 is 0 Å². The van der Waals surface area contributed by atoms with Gasteiger partial charge >= 0.3 is 60.0 Å². The van der Waals surface area contributed by atoms with Crippen LogP contribution in [-0.2, 0) is 7.53 Å². The summed E-state index contributed by atoms with van der Waals surface area (Å²) in [6, 6.07) is 0. The first-order valence-electron chi connectivity index (χ1n) is 3.35. The molecule has 0 saturated carbocycles. The summed E-state index contributed by atoms with van der Waals surface area (Å²) in [5.41, 5.74) is 0. The third-order valence-electron chi connectivity index (χ3n) is 1.82. The molecular formula is C6H16GeO2. The molecule has 0 spiro atoms. The molecule has 0 fully saturated rings. The molecule has 0 aliphatic rings.